The van der Waals surface area contributed by atoms with Crippen LogP contribution in [0.2, 0.25) is 0 Å². The number of pyridine rings is 1. The lowest BCUT2D eigenvalue weighted by molar-refractivity contribution is 1.18. The lowest BCUT2D eigenvalue weighted by Crippen LogP contribution is -1.99. The Bertz CT molecular complexity index is 6560. The van der Waals surface area contributed by atoms with E-state index in [1.807, 2.05) is 18.2 Å². The van der Waals surface area contributed by atoms with Crippen LogP contribution in [-0.2, 0) is 0 Å². The van der Waals surface area contributed by atoms with Gasteiger partial charge < -0.3 is 13.7 Å². The summed E-state index contributed by atoms with van der Waals surface area (Å²) in [6, 6.07) is 145. The van der Waals surface area contributed by atoms with Crippen molar-refractivity contribution in [1.29, 1.82) is 5.26 Å². The maximum Gasteiger partial charge on any atom is 0.0991 e. The molecule has 5 nitrogen and oxygen atoms in total. The van der Waals surface area contributed by atoms with Crippen molar-refractivity contribution in [2.24, 2.45) is 0 Å². The molecule has 0 bridgehead atoms. The van der Waals surface area contributed by atoms with Gasteiger partial charge in [0.2, 0.25) is 0 Å². The monoisotopic (exact) mass is 1360 g/mol. The van der Waals surface area contributed by atoms with Crippen molar-refractivity contribution in [2.45, 2.75) is 0 Å². The summed E-state index contributed by atoms with van der Waals surface area (Å²) in [6.45, 7) is 0. The van der Waals surface area contributed by atoms with E-state index in [1.165, 1.54) is 99.1 Å². The van der Waals surface area contributed by atoms with E-state index in [2.05, 4.69) is 396 Å². The van der Waals surface area contributed by atoms with Gasteiger partial charge in [-0.2, -0.15) is 5.26 Å². The predicted molar refractivity (Wildman–Crippen MR) is 446 cm³/mol. The van der Waals surface area contributed by atoms with Gasteiger partial charge in [-0.25, -0.2) is 4.98 Å². The fraction of sp³-hybridized carbons (Fsp3) is 0. The molecule has 0 aliphatic rings. The first-order valence-electron chi connectivity index (χ1n) is 36.4. The number of hydrogen-bond donors (Lipinski definition) is 0. The van der Waals surface area contributed by atoms with Crippen molar-refractivity contribution < 1.29 is 0 Å². The van der Waals surface area contributed by atoms with Crippen LogP contribution in [0.5, 0.6) is 0 Å². The Balaban J connectivity index is 0.769. The fourth-order valence-corrected chi connectivity index (χ4v) is 16.3. The number of rotatable bonds is 13. The quantitative estimate of drug-likeness (QED) is 0.116. The molecular formula is C102H65N5. The molecular weight excluding hydrogens is 1300 g/mol. The minimum Gasteiger partial charge on any atom is -0.309 e. The van der Waals surface area contributed by atoms with E-state index < -0.39 is 0 Å². The number of fused-ring (bicyclic) bond motifs is 9. The Morgan fingerprint density at radius 3 is 0.757 bits per heavy atom. The van der Waals surface area contributed by atoms with Gasteiger partial charge in [-0.15, -0.1) is 0 Å². The van der Waals surface area contributed by atoms with Gasteiger partial charge in [-0.1, -0.05) is 267 Å². The highest BCUT2D eigenvalue weighted by Crippen LogP contribution is 2.46. The molecule has 107 heavy (non-hydrogen) atoms. The molecule has 0 spiro atoms. The van der Waals surface area contributed by atoms with Crippen molar-refractivity contribution in [3.05, 3.63) is 400 Å². The molecule has 0 amide bonds. The van der Waals surface area contributed by atoms with E-state index in [0.717, 1.165) is 94.9 Å². The van der Waals surface area contributed by atoms with E-state index in [0.29, 0.717) is 5.56 Å². The minimum absolute atomic E-state index is 0.575. The van der Waals surface area contributed by atoms with Crippen molar-refractivity contribution in [2.75, 3.05) is 0 Å². The van der Waals surface area contributed by atoms with Crippen LogP contribution < -0.4 is 0 Å². The fourth-order valence-electron chi connectivity index (χ4n) is 16.3. The molecule has 0 radical (unpaired) electrons. The van der Waals surface area contributed by atoms with Crippen LogP contribution in [0.25, 0.3) is 194 Å². The van der Waals surface area contributed by atoms with E-state index in [9.17, 15) is 5.26 Å². The Morgan fingerprint density at radius 1 is 0.206 bits per heavy atom. The van der Waals surface area contributed by atoms with Gasteiger partial charge >= 0.3 is 0 Å². The van der Waals surface area contributed by atoms with Crippen LogP contribution in [0.15, 0.2) is 394 Å². The normalized spacial score (nSPS) is 11.5. The summed E-state index contributed by atoms with van der Waals surface area (Å²) in [4.78, 5) is 5.89. The summed E-state index contributed by atoms with van der Waals surface area (Å²) in [7, 11) is 0. The minimum atomic E-state index is 0.575. The van der Waals surface area contributed by atoms with Gasteiger partial charge in [0.1, 0.15) is 0 Å². The van der Waals surface area contributed by atoms with Crippen molar-refractivity contribution in [3.8, 4) is 135 Å². The van der Waals surface area contributed by atoms with Crippen LogP contribution in [0, 0.1) is 11.3 Å². The molecule has 4 heterocycles. The second-order valence-electron chi connectivity index (χ2n) is 27.7. The van der Waals surface area contributed by atoms with Crippen molar-refractivity contribution in [1.82, 2.24) is 18.7 Å². The van der Waals surface area contributed by atoms with Gasteiger partial charge in [0.25, 0.3) is 0 Å². The molecule has 4 aromatic heterocycles. The molecule has 498 valence electrons. The van der Waals surface area contributed by atoms with Crippen LogP contribution in [0.1, 0.15) is 5.56 Å². The first-order chi connectivity index (χ1) is 53.0. The van der Waals surface area contributed by atoms with Crippen LogP contribution in [0.3, 0.4) is 0 Å². The number of benzene rings is 16. The predicted octanol–water partition coefficient (Wildman–Crippen LogP) is 26.9. The third kappa shape index (κ3) is 11.1. The number of aromatic nitrogens is 4. The molecule has 0 atom stereocenters. The Kier molecular flexibility index (Phi) is 15.2. The number of nitrogens with zero attached hydrogens (tertiary/aromatic N) is 5. The van der Waals surface area contributed by atoms with Crippen LogP contribution in [0.4, 0.5) is 0 Å². The third-order valence-electron chi connectivity index (χ3n) is 21.5. The summed E-state index contributed by atoms with van der Waals surface area (Å²) in [5.41, 5.74) is 31.8. The second kappa shape index (κ2) is 26.1. The molecule has 0 unspecified atom stereocenters. The Hall–Kier alpha value is -14.4. The van der Waals surface area contributed by atoms with Gasteiger partial charge in [0.15, 0.2) is 0 Å². The molecule has 16 aromatic carbocycles. The van der Waals surface area contributed by atoms with Gasteiger partial charge in [-0.3, -0.25) is 0 Å². The molecule has 0 aliphatic carbocycles. The topological polar surface area (TPSA) is 51.5 Å². The molecule has 20 rings (SSSR count). The Morgan fingerprint density at radius 2 is 0.467 bits per heavy atom. The summed E-state index contributed by atoms with van der Waals surface area (Å²) in [6.07, 6.45) is 0. The average molecular weight is 1360 g/mol. The smallest absolute Gasteiger partial charge is 0.0991 e. The van der Waals surface area contributed by atoms with Gasteiger partial charge in [0.05, 0.1) is 56.1 Å². The van der Waals surface area contributed by atoms with E-state index in [4.69, 9.17) is 4.98 Å². The molecule has 0 fully saturated rings. The molecule has 0 saturated heterocycles. The lowest BCUT2D eigenvalue weighted by atomic mass is 9.89. The summed E-state index contributed by atoms with van der Waals surface area (Å²) < 4.78 is 7.21. The zero-order valence-corrected chi connectivity index (χ0v) is 58.3. The lowest BCUT2D eigenvalue weighted by Gasteiger charge is -2.19. The summed E-state index contributed by atoms with van der Waals surface area (Å²) >= 11 is 0. The summed E-state index contributed by atoms with van der Waals surface area (Å²) in [5, 5.41) is 17.7. The maximum absolute atomic E-state index is 10.6. The standard InChI is InChI=1S/C102H65N5/c103-66-67-20-19-33-83(58-67)87-65-94(74-34-46-84(47-35-74)105-95-52-40-77(68-21-7-1-8-22-68)59-88(95)89-60-78(41-53-96(89)105)69-23-9-2-10-24-69)104-102(76-38-50-86(51-39-76)107-99-56-44-81(72-29-15-5-16-30-72)63-92(99)93-64-82(45-57-100(93)107)73-31-17-6-18-32-73)101(87)75-36-48-85(49-37-75)106-97-54-42-79(70-25-11-3-12-26-70)61-90(97)91-62-80(43-55-98(91)106)71-27-13-4-14-28-71/h1-65H. The number of hydrogen-bond acceptors (Lipinski definition) is 2. The molecule has 20 aromatic rings. The average Bonchev–Trinajstić information content (AvgIpc) is 1.64. The van der Waals surface area contributed by atoms with Gasteiger partial charge in [0, 0.05) is 66.1 Å². The second-order valence-corrected chi connectivity index (χ2v) is 27.7. The Labute approximate surface area is 619 Å². The van der Waals surface area contributed by atoms with E-state index >= 15 is 0 Å². The largest absolute Gasteiger partial charge is 0.309 e. The van der Waals surface area contributed by atoms with Crippen molar-refractivity contribution in [3.63, 3.8) is 0 Å². The van der Waals surface area contributed by atoms with Crippen LogP contribution in [-0.4, -0.2) is 18.7 Å². The van der Waals surface area contributed by atoms with E-state index in [1.54, 1.807) is 0 Å². The maximum atomic E-state index is 10.6. The highest BCUT2D eigenvalue weighted by Gasteiger charge is 2.24. The van der Waals surface area contributed by atoms with E-state index in [-0.39, 0.29) is 0 Å². The molecule has 0 aliphatic heterocycles. The third-order valence-corrected chi connectivity index (χ3v) is 21.5. The zero-order chi connectivity index (χ0) is 70.9. The van der Waals surface area contributed by atoms with Crippen LogP contribution >= 0.6 is 0 Å². The van der Waals surface area contributed by atoms with Crippen molar-refractivity contribution >= 4 is 65.4 Å². The zero-order valence-electron chi connectivity index (χ0n) is 58.3. The SMILES string of the molecule is N#Cc1cccc(-c2cc(-c3ccc(-n4c5ccc(-c6ccccc6)cc5c5cc(-c6ccccc6)ccc54)cc3)nc(-c3ccc(-n4c5ccc(-c6ccccc6)cc5c5cc(-c6ccccc6)ccc54)cc3)c2-c2ccc(-n3c4ccc(-c5ccccc5)cc4c4cc(-c5ccccc5)ccc43)cc2)c1. The first kappa shape index (κ1) is 62.3. The highest BCUT2D eigenvalue weighted by atomic mass is 15.0. The van der Waals surface area contributed by atoms with Gasteiger partial charge in [-0.05, 0) is 211 Å². The summed E-state index contributed by atoms with van der Waals surface area (Å²) in [5.74, 6) is 0. The first-order valence-corrected chi connectivity index (χ1v) is 36.4. The highest BCUT2D eigenvalue weighted by molar-refractivity contribution is 6.14. The number of nitriles is 1. The molecule has 0 saturated carbocycles. The molecule has 5 heteroatoms. The molecule has 0 N–H and O–H groups in total.